The van der Waals surface area contributed by atoms with Crippen LogP contribution in [0.3, 0.4) is 0 Å². The Balaban J connectivity index is 2.12. The van der Waals surface area contributed by atoms with Crippen LogP contribution >= 0.6 is 0 Å². The minimum atomic E-state index is -4.51. The molecule has 29 heavy (non-hydrogen) atoms. The molecule has 0 N–H and O–H groups in total. The monoisotopic (exact) mass is 403 g/mol. The number of aromatic nitrogens is 1. The second kappa shape index (κ2) is 7.54. The molecule has 2 aromatic heterocycles. The number of alkyl halides is 3. The van der Waals surface area contributed by atoms with Crippen LogP contribution in [0.15, 0.2) is 48.7 Å². The molecular formula is C21H16F3NO4. The van der Waals surface area contributed by atoms with Crippen molar-refractivity contribution in [1.82, 2.24) is 4.40 Å². The van der Waals surface area contributed by atoms with Crippen molar-refractivity contribution in [2.75, 3.05) is 6.61 Å². The lowest BCUT2D eigenvalue weighted by molar-refractivity contribution is -0.137. The fourth-order valence-corrected chi connectivity index (χ4v) is 2.92. The van der Waals surface area contributed by atoms with E-state index < -0.39 is 23.5 Å². The number of hydrogen-bond acceptors (Lipinski definition) is 4. The molecule has 3 aromatic rings. The Bertz CT molecular complexity index is 1110. The molecule has 150 valence electrons. The lowest BCUT2D eigenvalue weighted by Gasteiger charge is -2.07. The molecule has 0 amide bonds. The van der Waals surface area contributed by atoms with E-state index in [4.69, 9.17) is 4.74 Å². The lowest BCUT2D eigenvalue weighted by atomic mass is 10.1. The van der Waals surface area contributed by atoms with Gasteiger partial charge < -0.3 is 9.14 Å². The first-order valence-electron chi connectivity index (χ1n) is 8.68. The van der Waals surface area contributed by atoms with Gasteiger partial charge in [0.25, 0.3) is 0 Å². The summed E-state index contributed by atoms with van der Waals surface area (Å²) in [6.45, 7) is 3.11. The average molecular weight is 403 g/mol. The maximum absolute atomic E-state index is 12.9. The molecule has 0 spiro atoms. The van der Waals surface area contributed by atoms with Crippen LogP contribution in [0.25, 0.3) is 5.52 Å². The summed E-state index contributed by atoms with van der Waals surface area (Å²) in [6.07, 6.45) is -3.05. The summed E-state index contributed by atoms with van der Waals surface area (Å²) in [4.78, 5) is 36.9. The van der Waals surface area contributed by atoms with E-state index in [0.717, 1.165) is 24.3 Å². The van der Waals surface area contributed by atoms with Gasteiger partial charge in [-0.3, -0.25) is 9.59 Å². The fourth-order valence-electron chi connectivity index (χ4n) is 2.92. The van der Waals surface area contributed by atoms with Gasteiger partial charge in [0, 0.05) is 17.3 Å². The number of carbonyl (C=O) groups excluding carboxylic acids is 3. The maximum Gasteiger partial charge on any atom is 0.416 e. The number of carbonyl (C=O) groups is 3. The van der Waals surface area contributed by atoms with Gasteiger partial charge in [0.15, 0.2) is 5.78 Å². The molecule has 2 heterocycles. The summed E-state index contributed by atoms with van der Waals surface area (Å²) in [5.41, 5.74) is -0.0416. The molecule has 0 aliphatic carbocycles. The van der Waals surface area contributed by atoms with Crippen molar-refractivity contribution >= 4 is 23.1 Å². The predicted molar refractivity (Wildman–Crippen MR) is 98.2 cm³/mol. The van der Waals surface area contributed by atoms with Gasteiger partial charge >= 0.3 is 12.1 Å². The lowest BCUT2D eigenvalue weighted by Crippen LogP contribution is -2.08. The summed E-state index contributed by atoms with van der Waals surface area (Å²) in [6, 6.07) is 8.09. The van der Waals surface area contributed by atoms with Crippen molar-refractivity contribution < 1.29 is 32.3 Å². The van der Waals surface area contributed by atoms with Crippen LogP contribution in [-0.2, 0) is 10.9 Å². The molecule has 0 unspecified atom stereocenters. The first-order chi connectivity index (χ1) is 13.6. The molecule has 0 saturated heterocycles. The second-order valence-electron chi connectivity index (χ2n) is 6.29. The SMILES string of the molecule is CCOC(=O)c1cc(C(=O)c2ccc(C(F)(F)F)cc2)n2ccc(C(C)=O)cc12. The summed E-state index contributed by atoms with van der Waals surface area (Å²) in [5, 5.41) is 0. The summed E-state index contributed by atoms with van der Waals surface area (Å²) < 4.78 is 44.7. The largest absolute Gasteiger partial charge is 0.462 e. The van der Waals surface area contributed by atoms with Gasteiger partial charge in [-0.2, -0.15) is 13.2 Å². The minimum absolute atomic E-state index is 0.0310. The van der Waals surface area contributed by atoms with E-state index in [-0.39, 0.29) is 29.2 Å². The van der Waals surface area contributed by atoms with Gasteiger partial charge in [0.2, 0.25) is 5.78 Å². The van der Waals surface area contributed by atoms with E-state index in [2.05, 4.69) is 0 Å². The highest BCUT2D eigenvalue weighted by Crippen LogP contribution is 2.30. The first kappa shape index (κ1) is 20.3. The Morgan fingerprint density at radius 1 is 1.00 bits per heavy atom. The van der Waals surface area contributed by atoms with Gasteiger partial charge in [-0.15, -0.1) is 0 Å². The Labute approximate surface area is 163 Å². The van der Waals surface area contributed by atoms with E-state index in [1.807, 2.05) is 0 Å². The number of halogens is 3. The molecular weight excluding hydrogens is 387 g/mol. The number of hydrogen-bond donors (Lipinski definition) is 0. The van der Waals surface area contributed by atoms with Crippen LogP contribution in [0.2, 0.25) is 0 Å². The summed E-state index contributed by atoms with van der Waals surface area (Å²) >= 11 is 0. The third kappa shape index (κ3) is 3.91. The number of fused-ring (bicyclic) bond motifs is 1. The van der Waals surface area contributed by atoms with Gasteiger partial charge in [-0.1, -0.05) is 12.1 Å². The summed E-state index contributed by atoms with van der Waals surface area (Å²) in [7, 11) is 0. The van der Waals surface area contributed by atoms with Gasteiger partial charge in [0.05, 0.1) is 28.9 Å². The van der Waals surface area contributed by atoms with Crippen LogP contribution in [-0.4, -0.2) is 28.5 Å². The number of esters is 1. The topological polar surface area (TPSA) is 64.8 Å². The van der Waals surface area contributed by atoms with Gasteiger partial charge in [-0.05, 0) is 44.2 Å². The maximum atomic E-state index is 12.9. The molecule has 0 aliphatic heterocycles. The number of pyridine rings is 1. The first-order valence-corrected chi connectivity index (χ1v) is 8.68. The number of ketones is 2. The second-order valence-corrected chi connectivity index (χ2v) is 6.29. The zero-order valence-corrected chi connectivity index (χ0v) is 15.5. The van der Waals surface area contributed by atoms with Crippen molar-refractivity contribution in [2.24, 2.45) is 0 Å². The zero-order valence-electron chi connectivity index (χ0n) is 15.5. The molecule has 8 heteroatoms. The van der Waals surface area contributed by atoms with Crippen molar-refractivity contribution in [2.45, 2.75) is 20.0 Å². The quantitative estimate of drug-likeness (QED) is 0.463. The van der Waals surface area contributed by atoms with E-state index >= 15 is 0 Å². The van der Waals surface area contributed by atoms with E-state index in [0.29, 0.717) is 11.1 Å². The number of nitrogens with zero attached hydrogens (tertiary/aromatic N) is 1. The minimum Gasteiger partial charge on any atom is -0.462 e. The highest BCUT2D eigenvalue weighted by molar-refractivity contribution is 6.11. The Morgan fingerprint density at radius 2 is 1.66 bits per heavy atom. The van der Waals surface area contributed by atoms with Crippen molar-refractivity contribution in [3.63, 3.8) is 0 Å². The van der Waals surface area contributed by atoms with Crippen LogP contribution in [0.4, 0.5) is 13.2 Å². The normalized spacial score (nSPS) is 11.5. The van der Waals surface area contributed by atoms with Crippen LogP contribution < -0.4 is 0 Å². The number of benzene rings is 1. The molecule has 0 bridgehead atoms. The van der Waals surface area contributed by atoms with Gasteiger partial charge in [0.1, 0.15) is 0 Å². The smallest absolute Gasteiger partial charge is 0.416 e. The molecule has 3 rings (SSSR count). The Hall–Kier alpha value is -3.42. The molecule has 0 radical (unpaired) electrons. The van der Waals surface area contributed by atoms with Crippen LogP contribution in [0.1, 0.15) is 56.2 Å². The average Bonchev–Trinajstić information content (AvgIpc) is 3.06. The molecule has 1 aromatic carbocycles. The number of Topliss-reactive ketones (excluding diaryl/α,β-unsaturated/α-hetero) is 1. The molecule has 0 fully saturated rings. The van der Waals surface area contributed by atoms with Crippen molar-refractivity contribution in [1.29, 1.82) is 0 Å². The van der Waals surface area contributed by atoms with Crippen molar-refractivity contribution in [3.8, 4) is 0 Å². The Kier molecular flexibility index (Phi) is 5.28. The van der Waals surface area contributed by atoms with E-state index in [9.17, 15) is 27.6 Å². The molecule has 0 atom stereocenters. The highest BCUT2D eigenvalue weighted by Gasteiger charge is 2.30. The fraction of sp³-hybridized carbons (Fsp3) is 0.190. The van der Waals surface area contributed by atoms with Crippen LogP contribution in [0, 0.1) is 0 Å². The number of ether oxygens (including phenoxy) is 1. The van der Waals surface area contributed by atoms with E-state index in [1.54, 1.807) is 6.92 Å². The molecule has 5 nitrogen and oxygen atoms in total. The van der Waals surface area contributed by atoms with Crippen molar-refractivity contribution in [3.05, 3.63) is 76.6 Å². The number of rotatable bonds is 5. The molecule has 0 saturated carbocycles. The van der Waals surface area contributed by atoms with Gasteiger partial charge in [-0.25, -0.2) is 4.79 Å². The predicted octanol–water partition coefficient (Wildman–Crippen LogP) is 4.57. The summed E-state index contributed by atoms with van der Waals surface area (Å²) in [5.74, 6) is -1.46. The third-order valence-electron chi connectivity index (χ3n) is 4.38. The Morgan fingerprint density at radius 3 is 2.21 bits per heavy atom. The van der Waals surface area contributed by atoms with E-state index in [1.165, 1.54) is 35.7 Å². The third-order valence-corrected chi connectivity index (χ3v) is 4.38. The molecule has 0 aliphatic rings. The zero-order chi connectivity index (χ0) is 21.3. The standard InChI is InChI=1S/C21H16F3NO4/c1-3-29-20(28)16-11-18(25-9-8-14(12(2)26)10-17(16)25)19(27)13-4-6-15(7-5-13)21(22,23)24/h4-11H,3H2,1-2H3. The highest BCUT2D eigenvalue weighted by atomic mass is 19.4. The van der Waals surface area contributed by atoms with Crippen LogP contribution in [0.5, 0.6) is 0 Å².